The molecular formula is C14H13ClFNO3. The minimum atomic E-state index is -0.771. The number of ether oxygens (including phenoxy) is 1. The van der Waals surface area contributed by atoms with Crippen molar-refractivity contribution in [3.05, 3.63) is 52.5 Å². The number of carbonyl (C=O) groups excluding carboxylic acids is 2. The molecule has 0 bridgehead atoms. The van der Waals surface area contributed by atoms with Gasteiger partial charge in [0.15, 0.2) is 5.78 Å². The van der Waals surface area contributed by atoms with Gasteiger partial charge in [-0.2, -0.15) is 0 Å². The summed E-state index contributed by atoms with van der Waals surface area (Å²) >= 11 is 5.60. The highest BCUT2D eigenvalue weighted by Gasteiger charge is 2.07. The van der Waals surface area contributed by atoms with Crippen molar-refractivity contribution in [2.45, 2.75) is 6.92 Å². The third-order valence-corrected chi connectivity index (χ3v) is 2.43. The lowest BCUT2D eigenvalue weighted by molar-refractivity contribution is -0.138. The Bertz CT molecular complexity index is 582. The van der Waals surface area contributed by atoms with E-state index in [1.54, 1.807) is 6.92 Å². The largest absolute Gasteiger partial charge is 0.461 e. The van der Waals surface area contributed by atoms with Gasteiger partial charge in [-0.05, 0) is 31.2 Å². The maximum atomic E-state index is 13.4. The molecule has 0 atom stereocenters. The molecule has 6 heteroatoms. The summed E-state index contributed by atoms with van der Waals surface area (Å²) in [6.45, 7) is 1.78. The lowest BCUT2D eigenvalue weighted by Crippen LogP contribution is -2.15. The molecule has 0 aromatic heterocycles. The van der Waals surface area contributed by atoms with Crippen LogP contribution in [-0.2, 0) is 14.3 Å². The van der Waals surface area contributed by atoms with Crippen LogP contribution in [0.3, 0.4) is 0 Å². The number of nitrogens with two attached hydrogens (primary N) is 1. The molecule has 20 heavy (non-hydrogen) atoms. The Morgan fingerprint density at radius 1 is 1.45 bits per heavy atom. The minimum Gasteiger partial charge on any atom is -0.461 e. The number of halogens is 2. The van der Waals surface area contributed by atoms with Crippen LogP contribution in [-0.4, -0.2) is 18.4 Å². The number of carbonyl (C=O) groups is 2. The van der Waals surface area contributed by atoms with Crippen LogP contribution in [0.15, 0.2) is 36.0 Å². The first kappa shape index (κ1) is 15.9. The van der Waals surface area contributed by atoms with E-state index in [0.717, 1.165) is 18.2 Å². The van der Waals surface area contributed by atoms with Crippen molar-refractivity contribution >= 4 is 29.4 Å². The standard InChI is InChI=1S/C14H13ClFNO3/c1-2-20-14(19)13(17)8-11(18)6-4-9-3-5-10(15)7-12(9)16/h3-8H,2,17H2,1H3/b6-4+,13-8-. The van der Waals surface area contributed by atoms with Gasteiger partial charge in [-0.3, -0.25) is 4.79 Å². The van der Waals surface area contributed by atoms with Gasteiger partial charge in [-0.1, -0.05) is 17.7 Å². The van der Waals surface area contributed by atoms with E-state index in [0.29, 0.717) is 0 Å². The SMILES string of the molecule is CCOC(=O)/C(N)=C/C(=O)/C=C/c1ccc(Cl)cc1F. The summed E-state index contributed by atoms with van der Waals surface area (Å²) in [5.41, 5.74) is 5.26. The van der Waals surface area contributed by atoms with Gasteiger partial charge in [-0.15, -0.1) is 0 Å². The van der Waals surface area contributed by atoms with Gasteiger partial charge in [0, 0.05) is 16.7 Å². The molecule has 2 N–H and O–H groups in total. The van der Waals surface area contributed by atoms with Crippen LogP contribution in [0.4, 0.5) is 4.39 Å². The Balaban J connectivity index is 2.77. The summed E-state index contributed by atoms with van der Waals surface area (Å²) in [7, 11) is 0. The van der Waals surface area contributed by atoms with E-state index in [1.165, 1.54) is 18.2 Å². The number of hydrogen-bond acceptors (Lipinski definition) is 4. The topological polar surface area (TPSA) is 69.4 Å². The number of rotatable bonds is 5. The lowest BCUT2D eigenvalue weighted by atomic mass is 10.1. The molecule has 0 aliphatic carbocycles. The molecule has 1 rings (SSSR count). The summed E-state index contributed by atoms with van der Waals surface area (Å²) in [6.07, 6.45) is 3.28. The molecule has 0 saturated carbocycles. The predicted molar refractivity (Wildman–Crippen MR) is 74.4 cm³/mol. The van der Waals surface area contributed by atoms with Crippen LogP contribution in [0, 0.1) is 5.82 Å². The summed E-state index contributed by atoms with van der Waals surface area (Å²) in [5.74, 6) is -1.87. The highest BCUT2D eigenvalue weighted by molar-refractivity contribution is 6.30. The van der Waals surface area contributed by atoms with Gasteiger partial charge in [0.2, 0.25) is 0 Å². The van der Waals surface area contributed by atoms with Crippen LogP contribution >= 0.6 is 11.6 Å². The molecule has 4 nitrogen and oxygen atoms in total. The Kier molecular flexibility index (Phi) is 5.93. The normalized spacial score (nSPS) is 11.7. The number of esters is 1. The van der Waals surface area contributed by atoms with E-state index in [9.17, 15) is 14.0 Å². The van der Waals surface area contributed by atoms with Gasteiger partial charge in [-0.25, -0.2) is 9.18 Å². The maximum Gasteiger partial charge on any atom is 0.354 e. The number of hydrogen-bond donors (Lipinski definition) is 1. The van der Waals surface area contributed by atoms with Crippen LogP contribution in [0.2, 0.25) is 5.02 Å². The first-order valence-electron chi connectivity index (χ1n) is 5.75. The van der Waals surface area contributed by atoms with Crippen molar-refractivity contribution in [2.75, 3.05) is 6.61 Å². The molecule has 0 heterocycles. The number of benzene rings is 1. The fourth-order valence-electron chi connectivity index (χ4n) is 1.28. The third kappa shape index (κ3) is 4.85. The molecule has 0 saturated heterocycles. The molecule has 1 aromatic rings. The fraction of sp³-hybridized carbons (Fsp3) is 0.143. The molecule has 0 radical (unpaired) electrons. The van der Waals surface area contributed by atoms with Crippen LogP contribution in [0.25, 0.3) is 6.08 Å². The van der Waals surface area contributed by atoms with Crippen molar-refractivity contribution in [2.24, 2.45) is 5.73 Å². The molecule has 106 valence electrons. The highest BCUT2D eigenvalue weighted by atomic mass is 35.5. The van der Waals surface area contributed by atoms with Gasteiger partial charge in [0.25, 0.3) is 0 Å². The first-order valence-corrected chi connectivity index (χ1v) is 6.13. The van der Waals surface area contributed by atoms with E-state index in [2.05, 4.69) is 4.74 Å². The van der Waals surface area contributed by atoms with Crippen LogP contribution in [0.5, 0.6) is 0 Å². The number of ketones is 1. The van der Waals surface area contributed by atoms with E-state index >= 15 is 0 Å². The van der Waals surface area contributed by atoms with Crippen molar-refractivity contribution in [1.29, 1.82) is 0 Å². The molecule has 0 unspecified atom stereocenters. The van der Waals surface area contributed by atoms with E-state index in [4.69, 9.17) is 17.3 Å². The first-order chi connectivity index (χ1) is 9.43. The second kappa shape index (κ2) is 7.45. The van der Waals surface area contributed by atoms with Gasteiger partial charge in [0.05, 0.1) is 6.61 Å². The molecule has 0 spiro atoms. The fourth-order valence-corrected chi connectivity index (χ4v) is 1.44. The third-order valence-electron chi connectivity index (χ3n) is 2.20. The zero-order chi connectivity index (χ0) is 15.1. The van der Waals surface area contributed by atoms with E-state index in [1.807, 2.05) is 0 Å². The Morgan fingerprint density at radius 3 is 2.75 bits per heavy atom. The second-order valence-corrected chi connectivity index (χ2v) is 4.16. The molecule has 1 aromatic carbocycles. The van der Waals surface area contributed by atoms with Crippen LogP contribution < -0.4 is 5.73 Å². The van der Waals surface area contributed by atoms with Crippen molar-refractivity contribution in [3.63, 3.8) is 0 Å². The Labute approximate surface area is 120 Å². The predicted octanol–water partition coefficient (Wildman–Crippen LogP) is 2.47. The molecule has 0 fully saturated rings. The van der Waals surface area contributed by atoms with Gasteiger partial charge in [0.1, 0.15) is 11.5 Å². The summed E-state index contributed by atoms with van der Waals surface area (Å²) < 4.78 is 18.0. The highest BCUT2D eigenvalue weighted by Crippen LogP contribution is 2.15. The van der Waals surface area contributed by atoms with Crippen molar-refractivity contribution < 1.29 is 18.7 Å². The molecule has 0 amide bonds. The Morgan fingerprint density at radius 2 is 2.15 bits per heavy atom. The summed E-state index contributed by atoms with van der Waals surface area (Å²) in [4.78, 5) is 22.7. The second-order valence-electron chi connectivity index (χ2n) is 3.72. The van der Waals surface area contributed by atoms with Crippen molar-refractivity contribution in [3.8, 4) is 0 Å². The summed E-state index contributed by atoms with van der Waals surface area (Å²) in [5, 5.41) is 0.262. The van der Waals surface area contributed by atoms with Crippen molar-refractivity contribution in [1.82, 2.24) is 0 Å². The van der Waals surface area contributed by atoms with E-state index < -0.39 is 17.6 Å². The van der Waals surface area contributed by atoms with Gasteiger partial charge >= 0.3 is 5.97 Å². The average molecular weight is 298 g/mol. The molecule has 0 aliphatic rings. The minimum absolute atomic E-state index is 0.160. The lowest BCUT2D eigenvalue weighted by Gasteiger charge is -2.00. The summed E-state index contributed by atoms with van der Waals surface area (Å²) in [6, 6.07) is 4.06. The zero-order valence-corrected chi connectivity index (χ0v) is 11.5. The van der Waals surface area contributed by atoms with E-state index in [-0.39, 0.29) is 22.9 Å². The van der Waals surface area contributed by atoms with Crippen LogP contribution in [0.1, 0.15) is 12.5 Å². The smallest absolute Gasteiger partial charge is 0.354 e. The number of allylic oxidation sites excluding steroid dienone is 2. The monoisotopic (exact) mass is 297 g/mol. The van der Waals surface area contributed by atoms with Gasteiger partial charge < -0.3 is 10.5 Å². The Hall–Kier alpha value is -2.14. The molecule has 0 aliphatic heterocycles. The molecular weight excluding hydrogens is 285 g/mol. The maximum absolute atomic E-state index is 13.4. The average Bonchev–Trinajstić information content (AvgIpc) is 2.37. The quantitative estimate of drug-likeness (QED) is 0.669. The zero-order valence-electron chi connectivity index (χ0n) is 10.7.